The Morgan fingerprint density at radius 2 is 2.24 bits per heavy atom. The normalized spacial score (nSPS) is 24.2. The summed E-state index contributed by atoms with van der Waals surface area (Å²) in [4.78, 5) is 11.2. The smallest absolute Gasteiger partial charge is 0.407 e. The molecule has 1 N–H and O–H groups in total. The van der Waals surface area contributed by atoms with Crippen molar-refractivity contribution in [3.05, 3.63) is 0 Å². The van der Waals surface area contributed by atoms with Crippen molar-refractivity contribution in [1.82, 2.24) is 5.32 Å². The third-order valence-corrected chi connectivity index (χ3v) is 5.07. The molecule has 0 radical (unpaired) electrons. The Morgan fingerprint density at radius 3 is 2.76 bits per heavy atom. The molecule has 2 atom stereocenters. The molecule has 100 valence electrons. The Labute approximate surface area is 111 Å². The first-order chi connectivity index (χ1) is 7.93. The van der Waals surface area contributed by atoms with Gasteiger partial charge in [0, 0.05) is 12.4 Å². The van der Waals surface area contributed by atoms with Gasteiger partial charge in [0.05, 0.1) is 16.9 Å². The first-order valence-corrected chi connectivity index (χ1v) is 8.03. The van der Waals surface area contributed by atoms with Gasteiger partial charge < -0.3 is 10.1 Å². The SMILES string of the molecule is O=C(NC[C@@H]1CCS(=O)(=O)C1)OC[C@H](Cl)CCl. The molecule has 1 fully saturated rings. The highest BCUT2D eigenvalue weighted by atomic mass is 35.5. The van der Waals surface area contributed by atoms with Crippen molar-refractivity contribution >= 4 is 39.1 Å². The van der Waals surface area contributed by atoms with E-state index >= 15 is 0 Å². The zero-order valence-corrected chi connectivity index (χ0v) is 11.5. The maximum Gasteiger partial charge on any atom is 0.407 e. The number of rotatable bonds is 5. The van der Waals surface area contributed by atoms with Gasteiger partial charge in [-0.3, -0.25) is 0 Å². The highest BCUT2D eigenvalue weighted by Gasteiger charge is 2.28. The first kappa shape index (κ1) is 14.9. The summed E-state index contributed by atoms with van der Waals surface area (Å²) in [6, 6.07) is 0. The molecule has 0 spiro atoms. The maximum absolute atomic E-state index is 11.2. The van der Waals surface area contributed by atoms with Crippen LogP contribution in [0.15, 0.2) is 0 Å². The summed E-state index contributed by atoms with van der Waals surface area (Å²) in [5, 5.41) is 2.11. The molecule has 1 aliphatic heterocycles. The molecule has 1 saturated heterocycles. The fourth-order valence-electron chi connectivity index (χ4n) is 1.52. The third-order valence-electron chi connectivity index (χ3n) is 2.42. The van der Waals surface area contributed by atoms with Crippen molar-refractivity contribution in [3.8, 4) is 0 Å². The standard InChI is InChI=1S/C9H15Cl2NO4S/c10-3-8(11)5-16-9(13)12-4-7-1-2-17(14,15)6-7/h7-8H,1-6H2,(H,12,13)/t7-,8+/m0/s1. The predicted molar refractivity (Wildman–Crippen MR) is 66.5 cm³/mol. The van der Waals surface area contributed by atoms with Crippen molar-refractivity contribution in [2.75, 3.05) is 30.5 Å². The number of sulfone groups is 1. The van der Waals surface area contributed by atoms with E-state index in [1.54, 1.807) is 0 Å². The Morgan fingerprint density at radius 1 is 1.53 bits per heavy atom. The van der Waals surface area contributed by atoms with Gasteiger partial charge in [0.1, 0.15) is 6.61 Å². The number of hydrogen-bond acceptors (Lipinski definition) is 4. The van der Waals surface area contributed by atoms with Gasteiger partial charge >= 0.3 is 6.09 Å². The number of ether oxygens (including phenoxy) is 1. The Balaban J connectivity index is 2.16. The Hall–Kier alpha value is -0.200. The van der Waals surface area contributed by atoms with Crippen LogP contribution in [0.3, 0.4) is 0 Å². The molecule has 0 unspecified atom stereocenters. The van der Waals surface area contributed by atoms with Crippen molar-refractivity contribution < 1.29 is 17.9 Å². The first-order valence-electron chi connectivity index (χ1n) is 5.24. The molecule has 0 saturated carbocycles. The van der Waals surface area contributed by atoms with E-state index in [-0.39, 0.29) is 29.9 Å². The third kappa shape index (κ3) is 5.79. The molecule has 17 heavy (non-hydrogen) atoms. The lowest BCUT2D eigenvalue weighted by Crippen LogP contribution is -2.31. The summed E-state index contributed by atoms with van der Waals surface area (Å²) in [5.74, 6) is 0.514. The van der Waals surface area contributed by atoms with Gasteiger partial charge in [-0.05, 0) is 12.3 Å². The number of amides is 1. The highest BCUT2D eigenvalue weighted by Crippen LogP contribution is 2.17. The van der Waals surface area contributed by atoms with E-state index in [0.717, 1.165) is 0 Å². The van der Waals surface area contributed by atoms with Crippen LogP contribution in [0.1, 0.15) is 6.42 Å². The number of carbonyl (C=O) groups excluding carboxylic acids is 1. The molecule has 1 amide bonds. The lowest BCUT2D eigenvalue weighted by atomic mass is 10.1. The molecule has 5 nitrogen and oxygen atoms in total. The average molecular weight is 304 g/mol. The van der Waals surface area contributed by atoms with Crippen LogP contribution in [0.4, 0.5) is 4.79 Å². The molecule has 0 aromatic carbocycles. The number of carbonyl (C=O) groups is 1. The number of hydrogen-bond donors (Lipinski definition) is 1. The lowest BCUT2D eigenvalue weighted by Gasteiger charge is -2.11. The van der Waals surface area contributed by atoms with Crippen LogP contribution in [0.5, 0.6) is 0 Å². The van der Waals surface area contributed by atoms with E-state index in [2.05, 4.69) is 5.32 Å². The van der Waals surface area contributed by atoms with Crippen LogP contribution in [0.25, 0.3) is 0 Å². The van der Waals surface area contributed by atoms with Crippen molar-refractivity contribution in [3.63, 3.8) is 0 Å². The topological polar surface area (TPSA) is 72.5 Å². The molecular formula is C9H15Cl2NO4S. The Bertz CT molecular complexity index is 360. The van der Waals surface area contributed by atoms with E-state index in [1.807, 2.05) is 0 Å². The van der Waals surface area contributed by atoms with Gasteiger partial charge in [-0.25, -0.2) is 13.2 Å². The number of alkyl carbamates (subject to hydrolysis) is 1. The van der Waals surface area contributed by atoms with E-state index in [4.69, 9.17) is 27.9 Å². The number of alkyl halides is 2. The minimum atomic E-state index is -2.90. The molecule has 1 aliphatic rings. The zero-order valence-electron chi connectivity index (χ0n) is 9.19. The molecule has 0 aromatic heterocycles. The second kappa shape index (κ2) is 6.66. The molecule has 1 rings (SSSR count). The summed E-state index contributed by atoms with van der Waals surface area (Å²) in [7, 11) is -2.90. The molecule has 0 bridgehead atoms. The van der Waals surface area contributed by atoms with Gasteiger partial charge in [0.15, 0.2) is 9.84 Å². The van der Waals surface area contributed by atoms with Crippen LogP contribution in [0.2, 0.25) is 0 Å². The van der Waals surface area contributed by atoms with Crippen LogP contribution in [-0.4, -0.2) is 50.4 Å². The summed E-state index contributed by atoms with van der Waals surface area (Å²) >= 11 is 11.1. The summed E-state index contributed by atoms with van der Waals surface area (Å²) in [6.45, 7) is 0.353. The van der Waals surface area contributed by atoms with Crippen LogP contribution in [-0.2, 0) is 14.6 Å². The van der Waals surface area contributed by atoms with Crippen molar-refractivity contribution in [1.29, 1.82) is 0 Å². The molecule has 0 aliphatic carbocycles. The van der Waals surface area contributed by atoms with Gasteiger partial charge in [-0.1, -0.05) is 0 Å². The lowest BCUT2D eigenvalue weighted by molar-refractivity contribution is 0.146. The molecule has 0 aromatic rings. The summed E-state index contributed by atoms with van der Waals surface area (Å²) in [5.41, 5.74) is 0. The quantitative estimate of drug-likeness (QED) is 0.769. The molecule has 8 heteroatoms. The summed E-state index contributed by atoms with van der Waals surface area (Å²) in [6.07, 6.45) is -0.00679. The van der Waals surface area contributed by atoms with Crippen molar-refractivity contribution in [2.45, 2.75) is 11.8 Å². The second-order valence-electron chi connectivity index (χ2n) is 4.00. The monoisotopic (exact) mass is 303 g/mol. The van der Waals surface area contributed by atoms with Gasteiger partial charge in [0.25, 0.3) is 0 Å². The minimum absolute atomic E-state index is 0.0209. The fourth-order valence-corrected chi connectivity index (χ4v) is 3.54. The summed E-state index contributed by atoms with van der Waals surface area (Å²) < 4.78 is 27.1. The molecule has 1 heterocycles. The van der Waals surface area contributed by atoms with E-state index in [1.165, 1.54) is 0 Å². The van der Waals surface area contributed by atoms with Gasteiger partial charge in [-0.2, -0.15) is 0 Å². The van der Waals surface area contributed by atoms with Crippen molar-refractivity contribution in [2.24, 2.45) is 5.92 Å². The van der Waals surface area contributed by atoms with E-state index in [0.29, 0.717) is 13.0 Å². The van der Waals surface area contributed by atoms with Crippen LogP contribution < -0.4 is 5.32 Å². The predicted octanol–water partition coefficient (Wildman–Crippen LogP) is 0.994. The number of nitrogens with one attached hydrogen (secondary N) is 1. The largest absolute Gasteiger partial charge is 0.448 e. The maximum atomic E-state index is 11.2. The van der Waals surface area contributed by atoms with Crippen LogP contribution in [0, 0.1) is 5.92 Å². The molecular weight excluding hydrogens is 289 g/mol. The van der Waals surface area contributed by atoms with Gasteiger partial charge in [-0.15, -0.1) is 23.2 Å². The zero-order chi connectivity index (χ0) is 12.9. The Kier molecular flexibility index (Phi) is 5.82. The minimum Gasteiger partial charge on any atom is -0.448 e. The van der Waals surface area contributed by atoms with Gasteiger partial charge in [0.2, 0.25) is 0 Å². The van der Waals surface area contributed by atoms with E-state index < -0.39 is 21.3 Å². The highest BCUT2D eigenvalue weighted by molar-refractivity contribution is 7.91. The number of halogens is 2. The fraction of sp³-hybridized carbons (Fsp3) is 0.889. The average Bonchev–Trinajstić information content (AvgIpc) is 2.63. The van der Waals surface area contributed by atoms with E-state index in [9.17, 15) is 13.2 Å². The second-order valence-corrected chi connectivity index (χ2v) is 7.15. The van der Waals surface area contributed by atoms with Crippen LogP contribution >= 0.6 is 23.2 Å².